The van der Waals surface area contributed by atoms with Crippen LogP contribution in [0.1, 0.15) is 30.5 Å². The van der Waals surface area contributed by atoms with Gasteiger partial charge in [-0.05, 0) is 43.0 Å². The van der Waals surface area contributed by atoms with E-state index in [2.05, 4.69) is 5.32 Å². The number of carbonyl (C=O) groups excluding carboxylic acids is 1. The summed E-state index contributed by atoms with van der Waals surface area (Å²) in [6.07, 6.45) is 1.11. The molecule has 104 valence electrons. The molecule has 19 heavy (non-hydrogen) atoms. The maximum absolute atomic E-state index is 14.4. The van der Waals surface area contributed by atoms with Gasteiger partial charge in [-0.15, -0.1) is 0 Å². The molecule has 1 aliphatic heterocycles. The molecule has 0 radical (unpaired) electrons. The van der Waals surface area contributed by atoms with Crippen LogP contribution >= 0.6 is 0 Å². The summed E-state index contributed by atoms with van der Waals surface area (Å²) in [6, 6.07) is 3.74. The molecule has 0 bridgehead atoms. The second-order valence-electron chi connectivity index (χ2n) is 4.96. The molecule has 0 aliphatic carbocycles. The third-order valence-electron chi connectivity index (χ3n) is 3.50. The quantitative estimate of drug-likeness (QED) is 0.848. The topological polar surface area (TPSA) is 38.3 Å². The molecule has 1 aromatic rings. The van der Waals surface area contributed by atoms with Gasteiger partial charge in [0, 0.05) is 6.54 Å². The molecular formula is C15H20FNO2. The fourth-order valence-electron chi connectivity index (χ4n) is 2.44. The van der Waals surface area contributed by atoms with E-state index in [0.717, 1.165) is 24.2 Å². The maximum Gasteiger partial charge on any atom is 0.308 e. The highest BCUT2D eigenvalue weighted by Crippen LogP contribution is 2.23. The lowest BCUT2D eigenvalue weighted by Gasteiger charge is -2.20. The van der Waals surface area contributed by atoms with Crippen LogP contribution in [0.2, 0.25) is 0 Å². The van der Waals surface area contributed by atoms with Gasteiger partial charge in [0.15, 0.2) is 0 Å². The van der Waals surface area contributed by atoms with Gasteiger partial charge in [0.05, 0.1) is 12.5 Å². The van der Waals surface area contributed by atoms with E-state index in [0.29, 0.717) is 25.0 Å². The number of rotatable bonds is 4. The van der Waals surface area contributed by atoms with Crippen LogP contribution in [0, 0.1) is 11.7 Å². The number of nitrogens with one attached hydrogen (secondary N) is 1. The monoisotopic (exact) mass is 265 g/mol. The fourth-order valence-corrected chi connectivity index (χ4v) is 2.44. The third kappa shape index (κ3) is 3.13. The van der Waals surface area contributed by atoms with Gasteiger partial charge < -0.3 is 10.1 Å². The number of benzene rings is 1. The van der Waals surface area contributed by atoms with E-state index in [1.807, 2.05) is 6.07 Å². The van der Waals surface area contributed by atoms with E-state index in [9.17, 15) is 9.18 Å². The number of ether oxygens (including phenoxy) is 1. The minimum atomic E-state index is -0.311. The van der Waals surface area contributed by atoms with Gasteiger partial charge in [-0.25, -0.2) is 4.39 Å². The first-order valence-electron chi connectivity index (χ1n) is 6.80. The second-order valence-corrected chi connectivity index (χ2v) is 4.96. The first-order valence-corrected chi connectivity index (χ1v) is 6.80. The van der Waals surface area contributed by atoms with Gasteiger partial charge in [-0.3, -0.25) is 4.79 Å². The predicted octanol–water partition coefficient (Wildman–Crippen LogP) is 2.21. The fraction of sp³-hybridized carbons (Fsp3) is 0.533. The van der Waals surface area contributed by atoms with Crippen molar-refractivity contribution in [1.82, 2.24) is 5.32 Å². The number of halogens is 1. The molecule has 0 spiro atoms. The Morgan fingerprint density at radius 3 is 3.05 bits per heavy atom. The van der Waals surface area contributed by atoms with Crippen molar-refractivity contribution in [3.63, 3.8) is 0 Å². The SMILES string of the molecule is CCOC(=O)C(C)Cc1ccc2c(c1F)CCNC2. The summed E-state index contributed by atoms with van der Waals surface area (Å²) in [7, 11) is 0. The number of hydrogen-bond acceptors (Lipinski definition) is 3. The Hall–Kier alpha value is -1.42. The summed E-state index contributed by atoms with van der Waals surface area (Å²) in [4.78, 5) is 11.6. The van der Waals surface area contributed by atoms with Gasteiger partial charge in [0.1, 0.15) is 5.82 Å². The zero-order valence-corrected chi connectivity index (χ0v) is 11.5. The Balaban J connectivity index is 2.15. The molecule has 1 aromatic carbocycles. The molecule has 2 rings (SSSR count). The molecular weight excluding hydrogens is 245 g/mol. The zero-order chi connectivity index (χ0) is 13.8. The molecule has 0 saturated carbocycles. The van der Waals surface area contributed by atoms with E-state index in [4.69, 9.17) is 4.74 Å². The number of fused-ring (bicyclic) bond motifs is 1. The largest absolute Gasteiger partial charge is 0.466 e. The third-order valence-corrected chi connectivity index (χ3v) is 3.50. The average Bonchev–Trinajstić information content (AvgIpc) is 2.42. The van der Waals surface area contributed by atoms with Gasteiger partial charge in [0.2, 0.25) is 0 Å². The first kappa shape index (κ1) is 14.0. The van der Waals surface area contributed by atoms with Crippen LogP contribution in [0.25, 0.3) is 0 Å². The summed E-state index contributed by atoms with van der Waals surface area (Å²) in [5.41, 5.74) is 2.43. The van der Waals surface area contributed by atoms with E-state index < -0.39 is 0 Å². The Labute approximate surface area is 113 Å². The average molecular weight is 265 g/mol. The first-order chi connectivity index (χ1) is 9.13. The van der Waals surface area contributed by atoms with Crippen LogP contribution in [0.4, 0.5) is 4.39 Å². The molecule has 4 heteroatoms. The van der Waals surface area contributed by atoms with Crippen LogP contribution in [0.5, 0.6) is 0 Å². The van der Waals surface area contributed by atoms with Crippen molar-refractivity contribution in [2.24, 2.45) is 5.92 Å². The molecule has 0 amide bonds. The van der Waals surface area contributed by atoms with Crippen molar-refractivity contribution >= 4 is 5.97 Å². The van der Waals surface area contributed by atoms with Crippen molar-refractivity contribution in [2.45, 2.75) is 33.2 Å². The van der Waals surface area contributed by atoms with Gasteiger partial charge in [0.25, 0.3) is 0 Å². The second kappa shape index (κ2) is 6.15. The molecule has 1 heterocycles. The van der Waals surface area contributed by atoms with Crippen molar-refractivity contribution < 1.29 is 13.9 Å². The van der Waals surface area contributed by atoms with Crippen LogP contribution in [0.15, 0.2) is 12.1 Å². The van der Waals surface area contributed by atoms with Crippen LogP contribution in [0.3, 0.4) is 0 Å². The van der Waals surface area contributed by atoms with E-state index in [-0.39, 0.29) is 17.7 Å². The van der Waals surface area contributed by atoms with Crippen LogP contribution in [-0.4, -0.2) is 19.1 Å². The summed E-state index contributed by atoms with van der Waals surface area (Å²) < 4.78 is 19.3. The van der Waals surface area contributed by atoms with Crippen molar-refractivity contribution in [2.75, 3.05) is 13.2 Å². The minimum Gasteiger partial charge on any atom is -0.466 e. The lowest BCUT2D eigenvalue weighted by molar-refractivity contribution is -0.147. The minimum absolute atomic E-state index is 0.143. The van der Waals surface area contributed by atoms with E-state index in [1.165, 1.54) is 0 Å². The van der Waals surface area contributed by atoms with Crippen LogP contribution in [-0.2, 0) is 28.9 Å². The summed E-state index contributed by atoms with van der Waals surface area (Å²) in [5, 5.41) is 3.22. The highest BCUT2D eigenvalue weighted by atomic mass is 19.1. The summed E-state index contributed by atoms with van der Waals surface area (Å²) in [6.45, 7) is 5.44. The summed E-state index contributed by atoms with van der Waals surface area (Å²) >= 11 is 0. The zero-order valence-electron chi connectivity index (χ0n) is 11.5. The number of carbonyl (C=O) groups is 1. The number of hydrogen-bond donors (Lipinski definition) is 1. The molecule has 1 unspecified atom stereocenters. The molecule has 1 N–H and O–H groups in total. The lowest BCUT2D eigenvalue weighted by Crippen LogP contribution is -2.25. The van der Waals surface area contributed by atoms with Crippen molar-refractivity contribution in [3.8, 4) is 0 Å². The Morgan fingerprint density at radius 1 is 1.53 bits per heavy atom. The molecule has 1 aliphatic rings. The smallest absolute Gasteiger partial charge is 0.308 e. The normalized spacial score (nSPS) is 15.7. The molecule has 1 atom stereocenters. The predicted molar refractivity (Wildman–Crippen MR) is 71.3 cm³/mol. The molecule has 3 nitrogen and oxygen atoms in total. The highest BCUT2D eigenvalue weighted by molar-refractivity contribution is 5.72. The van der Waals surface area contributed by atoms with Gasteiger partial charge in [-0.2, -0.15) is 0 Å². The Kier molecular flexibility index (Phi) is 4.53. The van der Waals surface area contributed by atoms with E-state index in [1.54, 1.807) is 19.9 Å². The summed E-state index contributed by atoms with van der Waals surface area (Å²) in [5.74, 6) is -0.717. The Morgan fingerprint density at radius 2 is 2.32 bits per heavy atom. The van der Waals surface area contributed by atoms with Gasteiger partial charge in [-0.1, -0.05) is 19.1 Å². The Bertz CT molecular complexity index is 473. The highest BCUT2D eigenvalue weighted by Gasteiger charge is 2.20. The number of esters is 1. The molecule has 0 aromatic heterocycles. The molecule has 0 saturated heterocycles. The van der Waals surface area contributed by atoms with E-state index >= 15 is 0 Å². The van der Waals surface area contributed by atoms with Crippen molar-refractivity contribution in [3.05, 3.63) is 34.6 Å². The van der Waals surface area contributed by atoms with Gasteiger partial charge >= 0.3 is 5.97 Å². The lowest BCUT2D eigenvalue weighted by atomic mass is 9.93. The standard InChI is InChI=1S/C15H20FNO2/c1-3-19-15(18)10(2)8-11-4-5-12-9-17-7-6-13(12)14(11)16/h4-5,10,17H,3,6-9H2,1-2H3. The molecule has 0 fully saturated rings. The maximum atomic E-state index is 14.4. The van der Waals surface area contributed by atoms with Crippen LogP contribution < -0.4 is 5.32 Å². The van der Waals surface area contributed by atoms with Crippen molar-refractivity contribution in [1.29, 1.82) is 0 Å².